The highest BCUT2D eigenvalue weighted by atomic mass is 79.9. The number of hydrogen-bond donors (Lipinski definition) is 0. The fourth-order valence-corrected chi connectivity index (χ4v) is 2.57. The number of benzene rings is 2. The Morgan fingerprint density at radius 3 is 2.17 bits per heavy atom. The standard InChI is InChI=1S/C19H21BrO3/c1-13(2)12-18(14-4-8-16(20)9-5-14)23-17-10-6-15(7-11-17)19(21)22-3/h4-11,13,18H,12H2,1-3H3/t18-/m1/s1. The largest absolute Gasteiger partial charge is 0.486 e. The van der Waals surface area contributed by atoms with Crippen molar-refractivity contribution in [3.05, 3.63) is 64.1 Å². The van der Waals surface area contributed by atoms with Gasteiger partial charge in [-0.2, -0.15) is 0 Å². The predicted molar refractivity (Wildman–Crippen MR) is 94.7 cm³/mol. The molecule has 0 amide bonds. The topological polar surface area (TPSA) is 35.5 Å². The fourth-order valence-electron chi connectivity index (χ4n) is 2.31. The van der Waals surface area contributed by atoms with Crippen molar-refractivity contribution < 1.29 is 14.3 Å². The maximum absolute atomic E-state index is 11.5. The van der Waals surface area contributed by atoms with Crippen molar-refractivity contribution in [1.82, 2.24) is 0 Å². The minimum absolute atomic E-state index is 0.0212. The zero-order valence-corrected chi connectivity index (χ0v) is 15.2. The summed E-state index contributed by atoms with van der Waals surface area (Å²) in [4.78, 5) is 11.5. The number of carbonyl (C=O) groups excluding carboxylic acids is 1. The molecule has 2 aromatic carbocycles. The third-order valence-electron chi connectivity index (χ3n) is 3.48. The molecule has 0 radical (unpaired) electrons. The molecule has 0 aliphatic heterocycles. The van der Waals surface area contributed by atoms with Crippen LogP contribution in [0.2, 0.25) is 0 Å². The summed E-state index contributed by atoms with van der Waals surface area (Å²) >= 11 is 3.46. The summed E-state index contributed by atoms with van der Waals surface area (Å²) in [5.41, 5.74) is 1.66. The Kier molecular flexibility index (Phi) is 6.22. The first kappa shape index (κ1) is 17.5. The first-order valence-electron chi connectivity index (χ1n) is 7.60. The van der Waals surface area contributed by atoms with Crippen LogP contribution in [0.3, 0.4) is 0 Å². The molecule has 0 heterocycles. The van der Waals surface area contributed by atoms with Gasteiger partial charge >= 0.3 is 5.97 Å². The molecule has 0 fully saturated rings. The van der Waals surface area contributed by atoms with Crippen LogP contribution in [0.25, 0.3) is 0 Å². The van der Waals surface area contributed by atoms with Crippen LogP contribution >= 0.6 is 15.9 Å². The molecule has 0 aliphatic rings. The van der Waals surface area contributed by atoms with E-state index in [1.165, 1.54) is 7.11 Å². The van der Waals surface area contributed by atoms with Crippen LogP contribution in [-0.2, 0) is 4.74 Å². The number of hydrogen-bond acceptors (Lipinski definition) is 3. The van der Waals surface area contributed by atoms with E-state index >= 15 is 0 Å². The number of carbonyl (C=O) groups is 1. The smallest absolute Gasteiger partial charge is 0.337 e. The first-order valence-corrected chi connectivity index (χ1v) is 8.39. The summed E-state index contributed by atoms with van der Waals surface area (Å²) < 4.78 is 11.9. The number of ether oxygens (including phenoxy) is 2. The second-order valence-electron chi connectivity index (χ2n) is 5.80. The molecule has 0 saturated carbocycles. The predicted octanol–water partition coefficient (Wildman–Crippen LogP) is 5.40. The Bertz CT molecular complexity index is 633. The molecule has 0 saturated heterocycles. The molecule has 0 unspecified atom stereocenters. The Morgan fingerprint density at radius 1 is 1.04 bits per heavy atom. The van der Waals surface area contributed by atoms with Crippen molar-refractivity contribution in [2.24, 2.45) is 5.92 Å². The molecule has 2 rings (SSSR count). The lowest BCUT2D eigenvalue weighted by atomic mass is 9.99. The fraction of sp³-hybridized carbons (Fsp3) is 0.316. The van der Waals surface area contributed by atoms with Crippen LogP contribution in [0.5, 0.6) is 5.75 Å². The molecule has 0 bridgehead atoms. The number of esters is 1. The maximum Gasteiger partial charge on any atom is 0.337 e. The van der Waals surface area contributed by atoms with Crippen LogP contribution < -0.4 is 4.74 Å². The SMILES string of the molecule is COC(=O)c1ccc(O[C@H](CC(C)C)c2ccc(Br)cc2)cc1. The van der Waals surface area contributed by atoms with E-state index in [1.807, 2.05) is 12.1 Å². The Balaban J connectivity index is 2.17. The summed E-state index contributed by atoms with van der Waals surface area (Å²) in [6, 6.07) is 15.2. The minimum Gasteiger partial charge on any atom is -0.486 e. The van der Waals surface area contributed by atoms with E-state index < -0.39 is 0 Å². The van der Waals surface area contributed by atoms with E-state index in [0.717, 1.165) is 22.2 Å². The monoisotopic (exact) mass is 376 g/mol. The number of halogens is 1. The van der Waals surface area contributed by atoms with E-state index in [9.17, 15) is 4.79 Å². The highest BCUT2D eigenvalue weighted by molar-refractivity contribution is 9.10. The molecular weight excluding hydrogens is 356 g/mol. The molecule has 4 heteroatoms. The molecule has 122 valence electrons. The quantitative estimate of drug-likeness (QED) is 0.632. The molecule has 3 nitrogen and oxygen atoms in total. The second-order valence-corrected chi connectivity index (χ2v) is 6.72. The van der Waals surface area contributed by atoms with E-state index in [-0.39, 0.29) is 12.1 Å². The molecule has 0 aromatic heterocycles. The van der Waals surface area contributed by atoms with Gasteiger partial charge in [0.1, 0.15) is 11.9 Å². The number of methoxy groups -OCH3 is 1. The van der Waals surface area contributed by atoms with Crippen molar-refractivity contribution in [3.63, 3.8) is 0 Å². The van der Waals surface area contributed by atoms with Gasteiger partial charge in [-0.3, -0.25) is 0 Å². The Morgan fingerprint density at radius 2 is 1.65 bits per heavy atom. The summed E-state index contributed by atoms with van der Waals surface area (Å²) in [5.74, 6) is 0.910. The second kappa shape index (κ2) is 8.16. The Hall–Kier alpha value is -1.81. The normalized spacial score (nSPS) is 12.0. The van der Waals surface area contributed by atoms with E-state index in [0.29, 0.717) is 11.5 Å². The van der Waals surface area contributed by atoms with Gasteiger partial charge < -0.3 is 9.47 Å². The lowest BCUT2D eigenvalue weighted by Crippen LogP contribution is -2.11. The van der Waals surface area contributed by atoms with Gasteiger partial charge in [0.25, 0.3) is 0 Å². The van der Waals surface area contributed by atoms with Crippen molar-refractivity contribution in [2.75, 3.05) is 7.11 Å². The third kappa shape index (κ3) is 5.10. The zero-order valence-electron chi connectivity index (χ0n) is 13.6. The zero-order chi connectivity index (χ0) is 16.8. The van der Waals surface area contributed by atoms with E-state index in [4.69, 9.17) is 9.47 Å². The molecule has 0 N–H and O–H groups in total. The van der Waals surface area contributed by atoms with Crippen molar-refractivity contribution >= 4 is 21.9 Å². The van der Waals surface area contributed by atoms with Crippen LogP contribution in [-0.4, -0.2) is 13.1 Å². The average Bonchev–Trinajstić information content (AvgIpc) is 2.54. The number of rotatable bonds is 6. The average molecular weight is 377 g/mol. The van der Waals surface area contributed by atoms with Gasteiger partial charge in [-0.05, 0) is 54.3 Å². The van der Waals surface area contributed by atoms with Crippen LogP contribution in [0.4, 0.5) is 0 Å². The van der Waals surface area contributed by atoms with Gasteiger partial charge in [-0.1, -0.05) is 41.9 Å². The van der Waals surface area contributed by atoms with Crippen molar-refractivity contribution in [3.8, 4) is 5.75 Å². The highest BCUT2D eigenvalue weighted by Crippen LogP contribution is 2.29. The maximum atomic E-state index is 11.5. The molecule has 0 spiro atoms. The molecule has 23 heavy (non-hydrogen) atoms. The summed E-state index contributed by atoms with van der Waals surface area (Å²) in [7, 11) is 1.37. The van der Waals surface area contributed by atoms with E-state index in [1.54, 1.807) is 24.3 Å². The van der Waals surface area contributed by atoms with Gasteiger partial charge in [-0.25, -0.2) is 4.79 Å². The van der Waals surface area contributed by atoms with E-state index in [2.05, 4.69) is 41.9 Å². The molecule has 1 atom stereocenters. The summed E-state index contributed by atoms with van der Waals surface area (Å²) in [6.45, 7) is 4.35. The van der Waals surface area contributed by atoms with Crippen LogP contribution in [0.1, 0.15) is 42.3 Å². The Labute approximate surface area is 145 Å². The van der Waals surface area contributed by atoms with Gasteiger partial charge in [0.05, 0.1) is 12.7 Å². The van der Waals surface area contributed by atoms with Gasteiger partial charge in [0, 0.05) is 4.47 Å². The molecule has 2 aromatic rings. The van der Waals surface area contributed by atoms with Crippen LogP contribution in [0, 0.1) is 5.92 Å². The van der Waals surface area contributed by atoms with Crippen molar-refractivity contribution in [2.45, 2.75) is 26.4 Å². The van der Waals surface area contributed by atoms with Gasteiger partial charge in [0.15, 0.2) is 0 Å². The molecule has 0 aliphatic carbocycles. The van der Waals surface area contributed by atoms with Gasteiger partial charge in [-0.15, -0.1) is 0 Å². The van der Waals surface area contributed by atoms with Crippen LogP contribution in [0.15, 0.2) is 53.0 Å². The lowest BCUT2D eigenvalue weighted by Gasteiger charge is -2.21. The lowest BCUT2D eigenvalue weighted by molar-refractivity contribution is 0.0600. The highest BCUT2D eigenvalue weighted by Gasteiger charge is 2.16. The third-order valence-corrected chi connectivity index (χ3v) is 4.01. The first-order chi connectivity index (χ1) is 11.0. The minimum atomic E-state index is -0.344. The van der Waals surface area contributed by atoms with Crippen molar-refractivity contribution in [1.29, 1.82) is 0 Å². The summed E-state index contributed by atoms with van der Waals surface area (Å²) in [6.07, 6.45) is 0.896. The molecular formula is C19H21BrO3. The van der Waals surface area contributed by atoms with Gasteiger partial charge in [0.2, 0.25) is 0 Å². The summed E-state index contributed by atoms with van der Waals surface area (Å²) in [5, 5.41) is 0.